The first kappa shape index (κ1) is 29.0. The number of aliphatic hydroxyl groups is 1. The number of nitrogens with one attached hydrogen (secondary N) is 2. The van der Waals surface area contributed by atoms with Crippen LogP contribution in [0.1, 0.15) is 34.8 Å². The Kier molecular flexibility index (Phi) is 9.73. The summed E-state index contributed by atoms with van der Waals surface area (Å²) in [5.74, 6) is -0.297. The van der Waals surface area contributed by atoms with Crippen LogP contribution in [0.5, 0.6) is 11.5 Å². The van der Waals surface area contributed by atoms with E-state index in [9.17, 15) is 23.4 Å². The fraction of sp³-hybridized carbons (Fsp3) is 0.321. The number of carbonyl (C=O) groups is 1. The lowest BCUT2D eigenvalue weighted by Gasteiger charge is -2.16. The molecule has 3 aromatic carbocycles. The predicted octanol–water partition coefficient (Wildman–Crippen LogP) is 3.77. The van der Waals surface area contributed by atoms with Crippen LogP contribution in [0.2, 0.25) is 0 Å². The molecule has 3 rings (SSSR count). The molecule has 0 aliphatic rings. The smallest absolute Gasteiger partial charge is 0.303 e. The van der Waals surface area contributed by atoms with Gasteiger partial charge in [0, 0.05) is 19.5 Å². The number of hydrogen-bond donors (Lipinski definition) is 5. The van der Waals surface area contributed by atoms with Crippen LogP contribution in [0.4, 0.5) is 5.69 Å². The van der Waals surface area contributed by atoms with E-state index in [4.69, 9.17) is 9.84 Å². The van der Waals surface area contributed by atoms with Crippen molar-refractivity contribution in [2.75, 3.05) is 30.7 Å². The van der Waals surface area contributed by atoms with Gasteiger partial charge in [-0.15, -0.1) is 0 Å². The Morgan fingerprint density at radius 2 is 1.68 bits per heavy atom. The number of aryl methyl sites for hydroxylation is 3. The summed E-state index contributed by atoms with van der Waals surface area (Å²) in [7, 11) is -3.57. The Balaban J connectivity index is 1.52. The minimum absolute atomic E-state index is 0.00991. The zero-order chi connectivity index (χ0) is 27.9. The van der Waals surface area contributed by atoms with Crippen LogP contribution in [0, 0.1) is 13.8 Å². The number of aromatic hydroxyl groups is 1. The number of hydrogen-bond acceptors (Lipinski definition) is 7. The van der Waals surface area contributed by atoms with Crippen molar-refractivity contribution in [1.29, 1.82) is 0 Å². The molecule has 0 amide bonds. The number of aliphatic hydroxyl groups excluding tert-OH is 1. The van der Waals surface area contributed by atoms with Crippen LogP contribution in [0.25, 0.3) is 11.1 Å². The number of ether oxygens (including phenoxy) is 1. The maximum atomic E-state index is 11.5. The van der Waals surface area contributed by atoms with E-state index in [1.807, 2.05) is 50.2 Å². The molecule has 38 heavy (non-hydrogen) atoms. The molecular weight excluding hydrogens is 508 g/mol. The van der Waals surface area contributed by atoms with E-state index < -0.39 is 22.1 Å². The molecule has 204 valence electrons. The van der Waals surface area contributed by atoms with E-state index in [-0.39, 0.29) is 24.4 Å². The molecule has 0 heterocycles. The maximum Gasteiger partial charge on any atom is 0.303 e. The van der Waals surface area contributed by atoms with Crippen molar-refractivity contribution in [2.45, 2.75) is 32.8 Å². The van der Waals surface area contributed by atoms with Crippen LogP contribution in [0.3, 0.4) is 0 Å². The van der Waals surface area contributed by atoms with Gasteiger partial charge in [-0.05, 0) is 77.9 Å². The largest absolute Gasteiger partial charge is 0.506 e. The number of sulfonamides is 1. The Bertz CT molecular complexity index is 1350. The number of phenolic OH excluding ortho intramolecular Hbond substituents is 1. The average Bonchev–Trinajstić information content (AvgIpc) is 2.83. The van der Waals surface area contributed by atoms with Crippen molar-refractivity contribution in [3.63, 3.8) is 0 Å². The summed E-state index contributed by atoms with van der Waals surface area (Å²) in [5, 5.41) is 32.3. The molecule has 3 aromatic rings. The van der Waals surface area contributed by atoms with Gasteiger partial charge in [-0.2, -0.15) is 0 Å². The third kappa shape index (κ3) is 8.47. The fourth-order valence-electron chi connectivity index (χ4n) is 4.19. The van der Waals surface area contributed by atoms with E-state index in [0.29, 0.717) is 25.1 Å². The van der Waals surface area contributed by atoms with Crippen LogP contribution in [0.15, 0.2) is 54.6 Å². The Labute approximate surface area is 223 Å². The monoisotopic (exact) mass is 542 g/mol. The van der Waals surface area contributed by atoms with Gasteiger partial charge in [-0.1, -0.05) is 30.3 Å². The molecule has 0 bridgehead atoms. The van der Waals surface area contributed by atoms with Gasteiger partial charge < -0.3 is 25.4 Å². The second kappa shape index (κ2) is 12.8. The summed E-state index contributed by atoms with van der Waals surface area (Å²) < 4.78 is 31.0. The standard InChI is InChI=1S/C28H34N2O7S/c1-18-14-23(15-19(2)28(18)21-7-4-20(5-8-21)6-11-27(33)34)37-13-12-29-17-26(32)22-9-10-25(31)24(16-22)30-38(3,35)36/h4-5,7-10,14-16,26,29-32H,6,11-13,17H2,1-3H3,(H,33,34)/t26-/m1/s1. The SMILES string of the molecule is Cc1cc(OCCNC[C@@H](O)c2ccc(O)c(NS(C)(=O)=O)c2)cc(C)c1-c1ccc(CCC(=O)O)cc1. The zero-order valence-corrected chi connectivity index (χ0v) is 22.5. The molecule has 0 saturated carbocycles. The normalized spacial score (nSPS) is 12.2. The number of anilines is 1. The van der Waals surface area contributed by atoms with Crippen LogP contribution in [-0.4, -0.2) is 55.7 Å². The molecule has 0 radical (unpaired) electrons. The zero-order valence-electron chi connectivity index (χ0n) is 21.7. The fourth-order valence-corrected chi connectivity index (χ4v) is 4.75. The van der Waals surface area contributed by atoms with E-state index >= 15 is 0 Å². The van der Waals surface area contributed by atoms with Gasteiger partial charge in [0.2, 0.25) is 10.0 Å². The van der Waals surface area contributed by atoms with Gasteiger partial charge in [-0.25, -0.2) is 8.42 Å². The van der Waals surface area contributed by atoms with Gasteiger partial charge in [0.05, 0.1) is 18.0 Å². The average molecular weight is 543 g/mol. The number of rotatable bonds is 13. The van der Waals surface area contributed by atoms with Crippen molar-refractivity contribution in [3.05, 3.63) is 76.9 Å². The van der Waals surface area contributed by atoms with Gasteiger partial charge in [-0.3, -0.25) is 9.52 Å². The van der Waals surface area contributed by atoms with E-state index in [2.05, 4.69) is 10.0 Å². The van der Waals surface area contributed by atoms with Gasteiger partial charge in [0.1, 0.15) is 18.1 Å². The Hall–Kier alpha value is -3.60. The molecule has 0 fully saturated rings. The Morgan fingerprint density at radius 3 is 2.29 bits per heavy atom. The number of carboxylic acids is 1. The topological polar surface area (TPSA) is 145 Å². The molecule has 0 aromatic heterocycles. The third-order valence-electron chi connectivity index (χ3n) is 5.96. The lowest BCUT2D eigenvalue weighted by Crippen LogP contribution is -2.26. The summed E-state index contributed by atoms with van der Waals surface area (Å²) in [6, 6.07) is 16.2. The van der Waals surface area contributed by atoms with Crippen molar-refractivity contribution < 1.29 is 33.3 Å². The lowest BCUT2D eigenvalue weighted by molar-refractivity contribution is -0.136. The number of carboxylic acid groups (broad SMARTS) is 1. The van der Waals surface area contributed by atoms with Crippen LogP contribution >= 0.6 is 0 Å². The van der Waals surface area contributed by atoms with Gasteiger partial charge in [0.15, 0.2) is 0 Å². The van der Waals surface area contributed by atoms with E-state index in [1.165, 1.54) is 18.2 Å². The van der Waals surface area contributed by atoms with E-state index in [0.717, 1.165) is 39.8 Å². The molecule has 10 heteroatoms. The molecule has 0 saturated heterocycles. The molecule has 0 aliphatic heterocycles. The van der Waals surface area contributed by atoms with Gasteiger partial charge in [0.25, 0.3) is 0 Å². The highest BCUT2D eigenvalue weighted by Gasteiger charge is 2.13. The molecule has 5 N–H and O–H groups in total. The highest BCUT2D eigenvalue weighted by molar-refractivity contribution is 7.92. The molecular formula is C28H34N2O7S. The number of benzene rings is 3. The second-order valence-corrected chi connectivity index (χ2v) is 11.0. The number of phenols is 1. The number of aliphatic carboxylic acids is 1. The van der Waals surface area contributed by atoms with Crippen LogP contribution in [-0.2, 0) is 21.2 Å². The van der Waals surface area contributed by atoms with Crippen molar-refractivity contribution in [2.24, 2.45) is 0 Å². The molecule has 0 aliphatic carbocycles. The quantitative estimate of drug-likeness (QED) is 0.162. The Morgan fingerprint density at radius 1 is 1.03 bits per heavy atom. The first-order chi connectivity index (χ1) is 17.9. The molecule has 0 unspecified atom stereocenters. The van der Waals surface area contributed by atoms with Crippen LogP contribution < -0.4 is 14.8 Å². The van der Waals surface area contributed by atoms with Crippen molar-refractivity contribution >= 4 is 21.7 Å². The predicted molar refractivity (Wildman–Crippen MR) is 147 cm³/mol. The first-order valence-electron chi connectivity index (χ1n) is 12.2. The summed E-state index contributed by atoms with van der Waals surface area (Å²) in [5.41, 5.74) is 5.75. The summed E-state index contributed by atoms with van der Waals surface area (Å²) in [4.78, 5) is 10.8. The third-order valence-corrected chi connectivity index (χ3v) is 6.55. The summed E-state index contributed by atoms with van der Waals surface area (Å²) in [6.07, 6.45) is 0.687. The minimum Gasteiger partial charge on any atom is -0.506 e. The maximum absolute atomic E-state index is 11.5. The second-order valence-electron chi connectivity index (χ2n) is 9.24. The highest BCUT2D eigenvalue weighted by Crippen LogP contribution is 2.31. The summed E-state index contributed by atoms with van der Waals surface area (Å²) >= 11 is 0. The minimum atomic E-state index is -3.57. The molecule has 9 nitrogen and oxygen atoms in total. The lowest BCUT2D eigenvalue weighted by atomic mass is 9.94. The highest BCUT2D eigenvalue weighted by atomic mass is 32.2. The summed E-state index contributed by atoms with van der Waals surface area (Å²) in [6.45, 7) is 5.10. The van der Waals surface area contributed by atoms with Crippen molar-refractivity contribution in [3.8, 4) is 22.6 Å². The first-order valence-corrected chi connectivity index (χ1v) is 14.1. The van der Waals surface area contributed by atoms with Gasteiger partial charge >= 0.3 is 5.97 Å². The molecule has 1 atom stereocenters. The molecule has 0 spiro atoms. The van der Waals surface area contributed by atoms with Crippen molar-refractivity contribution in [1.82, 2.24) is 5.32 Å². The van der Waals surface area contributed by atoms with E-state index in [1.54, 1.807) is 0 Å².